The van der Waals surface area contributed by atoms with E-state index in [9.17, 15) is 5.11 Å². The van der Waals surface area contributed by atoms with Gasteiger partial charge >= 0.3 is 0 Å². The molecule has 146 valence electrons. The van der Waals surface area contributed by atoms with E-state index in [0.29, 0.717) is 17.3 Å². The minimum Gasteiger partial charge on any atom is -0.378 e. The van der Waals surface area contributed by atoms with Gasteiger partial charge in [-0.25, -0.2) is 0 Å². The van der Waals surface area contributed by atoms with Crippen LogP contribution in [-0.2, 0) is 0 Å². The summed E-state index contributed by atoms with van der Waals surface area (Å²) < 4.78 is 1.82. The highest BCUT2D eigenvalue weighted by atomic mass is 35.5. The van der Waals surface area contributed by atoms with Gasteiger partial charge in [0.15, 0.2) is 0 Å². The molecule has 1 N–H and O–H groups in total. The van der Waals surface area contributed by atoms with Crippen molar-refractivity contribution in [2.45, 2.75) is 26.4 Å². The summed E-state index contributed by atoms with van der Waals surface area (Å²) in [6, 6.07) is 13.6. The molecule has 0 amide bonds. The van der Waals surface area contributed by atoms with Crippen molar-refractivity contribution in [1.82, 2.24) is 19.6 Å². The molecule has 0 aliphatic heterocycles. The van der Waals surface area contributed by atoms with Crippen LogP contribution >= 0.6 is 11.6 Å². The normalized spacial score (nSPS) is 11.5. The third-order valence-corrected chi connectivity index (χ3v) is 4.67. The lowest BCUT2D eigenvalue weighted by Gasteiger charge is -2.24. The Labute approximate surface area is 173 Å². The molecular formula is C22H20ClN5O. The van der Waals surface area contributed by atoms with E-state index < -0.39 is 5.60 Å². The molecule has 0 fully saturated rings. The van der Waals surface area contributed by atoms with E-state index >= 15 is 0 Å². The van der Waals surface area contributed by atoms with Gasteiger partial charge in [0.1, 0.15) is 17.7 Å². The van der Waals surface area contributed by atoms with Crippen LogP contribution in [0.2, 0.25) is 5.02 Å². The van der Waals surface area contributed by atoms with Crippen molar-refractivity contribution in [3.05, 3.63) is 59.4 Å². The van der Waals surface area contributed by atoms with Crippen LogP contribution < -0.4 is 4.90 Å². The van der Waals surface area contributed by atoms with Crippen LogP contribution in [0.3, 0.4) is 0 Å². The molecule has 29 heavy (non-hydrogen) atoms. The number of fused-ring (bicyclic) bond motifs is 3. The van der Waals surface area contributed by atoms with Crippen molar-refractivity contribution in [1.29, 1.82) is 0 Å². The summed E-state index contributed by atoms with van der Waals surface area (Å²) in [4.78, 5) is 6.85. The van der Waals surface area contributed by atoms with Gasteiger partial charge in [0.2, 0.25) is 0 Å². The first-order chi connectivity index (χ1) is 13.9. The van der Waals surface area contributed by atoms with Crippen LogP contribution in [0.5, 0.6) is 0 Å². The van der Waals surface area contributed by atoms with E-state index in [1.807, 2.05) is 46.9 Å². The number of aromatic nitrogens is 4. The number of aliphatic hydroxyl groups is 1. The Balaban J connectivity index is 1.88. The van der Waals surface area contributed by atoms with Crippen molar-refractivity contribution in [2.24, 2.45) is 0 Å². The number of nitrogens with zero attached hydrogens (tertiary/aromatic N) is 5. The number of anilines is 2. The molecular weight excluding hydrogens is 386 g/mol. The van der Waals surface area contributed by atoms with Crippen LogP contribution in [-0.4, -0.2) is 36.8 Å². The first kappa shape index (κ1) is 19.2. The zero-order chi connectivity index (χ0) is 20.6. The van der Waals surface area contributed by atoms with E-state index in [0.717, 1.165) is 28.0 Å². The summed E-state index contributed by atoms with van der Waals surface area (Å²) in [6.45, 7) is 6.08. The molecule has 4 rings (SSSR count). The molecule has 0 saturated heterocycles. The molecule has 4 aromatic rings. The molecule has 2 aromatic carbocycles. The van der Waals surface area contributed by atoms with E-state index in [1.165, 1.54) is 0 Å². The second-order valence-corrected chi connectivity index (χ2v) is 7.64. The van der Waals surface area contributed by atoms with Crippen molar-refractivity contribution < 1.29 is 5.11 Å². The van der Waals surface area contributed by atoms with Crippen molar-refractivity contribution in [2.75, 3.05) is 11.4 Å². The highest BCUT2D eigenvalue weighted by Crippen LogP contribution is 2.32. The lowest BCUT2D eigenvalue weighted by molar-refractivity contribution is 0.143. The predicted octanol–water partition coefficient (Wildman–Crippen LogP) is 4.21. The molecule has 6 nitrogen and oxygen atoms in total. The number of halogens is 1. The van der Waals surface area contributed by atoms with Gasteiger partial charge in [-0.15, -0.1) is 10.2 Å². The quantitative estimate of drug-likeness (QED) is 0.517. The SMILES string of the molecule is CCN(c1cccc(C#CC(C)(C)O)c1)c1nc2nncn2c2cc(Cl)ccc12. The van der Waals surface area contributed by atoms with E-state index in [2.05, 4.69) is 33.9 Å². The van der Waals surface area contributed by atoms with Crippen LogP contribution in [0.25, 0.3) is 16.7 Å². The average molecular weight is 406 g/mol. The molecule has 0 saturated carbocycles. The van der Waals surface area contributed by atoms with Crippen LogP contribution in [0.15, 0.2) is 48.8 Å². The summed E-state index contributed by atoms with van der Waals surface area (Å²) in [6.07, 6.45) is 1.63. The zero-order valence-corrected chi connectivity index (χ0v) is 17.1. The molecule has 0 bridgehead atoms. The minimum absolute atomic E-state index is 0.506. The van der Waals surface area contributed by atoms with E-state index in [-0.39, 0.29) is 0 Å². The first-order valence-corrected chi connectivity index (χ1v) is 9.65. The smallest absolute Gasteiger partial charge is 0.257 e. The fourth-order valence-corrected chi connectivity index (χ4v) is 3.33. The first-order valence-electron chi connectivity index (χ1n) is 9.28. The standard InChI is InChI=1S/C22H20ClN5O/c1-4-27(17-7-5-6-15(12-17)10-11-22(2,3)29)20-18-9-8-16(23)13-19(18)28-14-24-26-21(28)25-20/h5-9,12-14,29H,4H2,1-3H3. The molecule has 0 unspecified atom stereocenters. The Morgan fingerprint density at radius 1 is 1.21 bits per heavy atom. The fraction of sp³-hybridized carbons (Fsp3) is 0.227. The predicted molar refractivity (Wildman–Crippen MR) is 116 cm³/mol. The zero-order valence-electron chi connectivity index (χ0n) is 16.4. The number of benzene rings is 2. The summed E-state index contributed by atoms with van der Waals surface area (Å²) in [5.74, 6) is 7.16. The Bertz CT molecular complexity index is 1260. The molecule has 7 heteroatoms. The summed E-state index contributed by atoms with van der Waals surface area (Å²) in [5, 5.41) is 19.6. The van der Waals surface area contributed by atoms with Gasteiger partial charge in [-0.3, -0.25) is 4.40 Å². The Hall–Kier alpha value is -3.14. The summed E-state index contributed by atoms with van der Waals surface area (Å²) in [7, 11) is 0. The highest BCUT2D eigenvalue weighted by molar-refractivity contribution is 6.31. The molecule has 0 spiro atoms. The summed E-state index contributed by atoms with van der Waals surface area (Å²) in [5.41, 5.74) is 1.61. The van der Waals surface area contributed by atoms with Crippen molar-refractivity contribution in [3.63, 3.8) is 0 Å². The second kappa shape index (κ2) is 7.36. The third-order valence-electron chi connectivity index (χ3n) is 4.44. The highest BCUT2D eigenvalue weighted by Gasteiger charge is 2.17. The Kier molecular flexibility index (Phi) is 4.87. The largest absolute Gasteiger partial charge is 0.378 e. The van der Waals surface area contributed by atoms with Crippen LogP contribution in [0, 0.1) is 11.8 Å². The maximum absolute atomic E-state index is 9.88. The molecule has 2 aromatic heterocycles. The molecule has 0 aliphatic carbocycles. The average Bonchev–Trinajstić information content (AvgIpc) is 3.15. The van der Waals surface area contributed by atoms with E-state index in [4.69, 9.17) is 16.6 Å². The van der Waals surface area contributed by atoms with Gasteiger partial charge in [0, 0.05) is 28.2 Å². The Morgan fingerprint density at radius 2 is 2.03 bits per heavy atom. The van der Waals surface area contributed by atoms with Gasteiger partial charge in [0.05, 0.1) is 5.52 Å². The lowest BCUT2D eigenvalue weighted by atomic mass is 10.1. The van der Waals surface area contributed by atoms with Gasteiger partial charge in [-0.2, -0.15) is 4.98 Å². The fourth-order valence-electron chi connectivity index (χ4n) is 3.16. The van der Waals surface area contributed by atoms with Gasteiger partial charge in [-0.05, 0) is 57.2 Å². The molecule has 0 aliphatic rings. The maximum atomic E-state index is 9.88. The third kappa shape index (κ3) is 3.88. The van der Waals surface area contributed by atoms with Crippen molar-refractivity contribution in [3.8, 4) is 11.8 Å². The van der Waals surface area contributed by atoms with Gasteiger partial charge < -0.3 is 10.0 Å². The monoisotopic (exact) mass is 405 g/mol. The molecule has 2 heterocycles. The van der Waals surface area contributed by atoms with Crippen LogP contribution in [0.1, 0.15) is 26.3 Å². The van der Waals surface area contributed by atoms with E-state index in [1.54, 1.807) is 20.2 Å². The number of hydrogen-bond donors (Lipinski definition) is 1. The maximum Gasteiger partial charge on any atom is 0.257 e. The second-order valence-electron chi connectivity index (χ2n) is 7.20. The number of rotatable bonds is 3. The molecule has 0 atom stereocenters. The van der Waals surface area contributed by atoms with Gasteiger partial charge in [0.25, 0.3) is 5.78 Å². The molecule has 0 radical (unpaired) electrons. The Morgan fingerprint density at radius 3 is 2.79 bits per heavy atom. The summed E-state index contributed by atoms with van der Waals surface area (Å²) >= 11 is 6.24. The van der Waals surface area contributed by atoms with Crippen molar-refractivity contribution >= 4 is 39.8 Å². The van der Waals surface area contributed by atoms with Gasteiger partial charge in [-0.1, -0.05) is 29.5 Å². The minimum atomic E-state index is -1.05. The lowest BCUT2D eigenvalue weighted by Crippen LogP contribution is -2.18. The number of hydrogen-bond acceptors (Lipinski definition) is 5. The van der Waals surface area contributed by atoms with Crippen LogP contribution in [0.4, 0.5) is 11.5 Å². The topological polar surface area (TPSA) is 66.5 Å².